The van der Waals surface area contributed by atoms with Gasteiger partial charge in [-0.05, 0) is 127 Å². The van der Waals surface area contributed by atoms with Crippen LogP contribution in [0, 0.1) is 62.6 Å². The summed E-state index contributed by atoms with van der Waals surface area (Å²) in [5.41, 5.74) is 1.40. The van der Waals surface area contributed by atoms with E-state index in [9.17, 15) is 10.2 Å². The van der Waals surface area contributed by atoms with Crippen LogP contribution >= 0.6 is 0 Å². The molecule has 0 saturated heterocycles. The lowest BCUT2D eigenvalue weighted by Gasteiger charge is -2.73. The minimum Gasteiger partial charge on any atom is -0.396 e. The molecule has 10 atom stereocenters. The van der Waals surface area contributed by atoms with E-state index >= 15 is 0 Å². The van der Waals surface area contributed by atoms with Crippen LogP contribution in [0.5, 0.6) is 0 Å². The zero-order valence-electron chi connectivity index (χ0n) is 22.2. The molecule has 0 aromatic rings. The van der Waals surface area contributed by atoms with Gasteiger partial charge in [0.15, 0.2) is 0 Å². The number of aliphatic hydroxyl groups is 2. The Balaban J connectivity index is 1.54. The van der Waals surface area contributed by atoms with Gasteiger partial charge in [0.2, 0.25) is 0 Å². The molecule has 0 radical (unpaired) electrons. The van der Waals surface area contributed by atoms with Crippen molar-refractivity contribution in [3.05, 3.63) is 0 Å². The number of rotatable bonds is 2. The van der Waals surface area contributed by atoms with Gasteiger partial charge < -0.3 is 10.2 Å². The molecule has 0 amide bonds. The van der Waals surface area contributed by atoms with E-state index in [1.807, 2.05) is 0 Å². The molecular formula is C30H52O2. The predicted molar refractivity (Wildman–Crippen MR) is 132 cm³/mol. The summed E-state index contributed by atoms with van der Waals surface area (Å²) in [6.45, 7) is 18.1. The molecule has 2 heteroatoms. The molecule has 0 aliphatic heterocycles. The van der Waals surface area contributed by atoms with Crippen LogP contribution in [0.15, 0.2) is 0 Å². The van der Waals surface area contributed by atoms with Crippen molar-refractivity contribution in [2.45, 2.75) is 119 Å². The second-order valence-corrected chi connectivity index (χ2v) is 15.0. The van der Waals surface area contributed by atoms with Gasteiger partial charge in [-0.2, -0.15) is 0 Å². The molecular weight excluding hydrogens is 392 g/mol. The molecule has 2 nitrogen and oxygen atoms in total. The number of hydrogen-bond donors (Lipinski definition) is 2. The van der Waals surface area contributed by atoms with Gasteiger partial charge in [0.05, 0.1) is 6.10 Å². The van der Waals surface area contributed by atoms with E-state index in [-0.39, 0.29) is 16.9 Å². The van der Waals surface area contributed by atoms with E-state index in [4.69, 9.17) is 0 Å². The summed E-state index contributed by atoms with van der Waals surface area (Å²) < 4.78 is 0. The highest BCUT2D eigenvalue weighted by Gasteiger charge is 2.70. The van der Waals surface area contributed by atoms with Crippen LogP contribution in [0.25, 0.3) is 0 Å². The number of fused-ring (bicyclic) bond motifs is 7. The Morgan fingerprint density at radius 2 is 1.47 bits per heavy atom. The van der Waals surface area contributed by atoms with Crippen molar-refractivity contribution in [3.8, 4) is 0 Å². The summed E-state index contributed by atoms with van der Waals surface area (Å²) in [4.78, 5) is 0. The molecule has 5 aliphatic rings. The van der Waals surface area contributed by atoms with Gasteiger partial charge in [-0.25, -0.2) is 0 Å². The molecule has 0 spiro atoms. The third-order valence-corrected chi connectivity index (χ3v) is 13.8. The van der Waals surface area contributed by atoms with Crippen LogP contribution in [0.2, 0.25) is 0 Å². The SMILES string of the molecule is CC(C)[C@@H]1CC[C@]2(CO)CC[C@]3(C)[C@H](CC[C@@H]4[C@@]5(C)CC[C@H](O)C(C)(C)[C@@H]5CC[C@]43C)C12. The zero-order valence-corrected chi connectivity index (χ0v) is 22.2. The Labute approximate surface area is 198 Å². The molecule has 5 saturated carbocycles. The van der Waals surface area contributed by atoms with E-state index in [1.165, 1.54) is 57.8 Å². The molecule has 5 aliphatic carbocycles. The Bertz CT molecular complexity index is 743. The molecule has 2 N–H and O–H groups in total. The highest BCUT2D eigenvalue weighted by molar-refractivity contribution is 5.19. The first-order valence-electron chi connectivity index (χ1n) is 14.2. The molecule has 5 fully saturated rings. The summed E-state index contributed by atoms with van der Waals surface area (Å²) in [5, 5.41) is 21.6. The van der Waals surface area contributed by atoms with Crippen molar-refractivity contribution in [1.29, 1.82) is 0 Å². The average molecular weight is 445 g/mol. The average Bonchev–Trinajstić information content (AvgIpc) is 3.12. The Hall–Kier alpha value is -0.0800. The van der Waals surface area contributed by atoms with Crippen LogP contribution < -0.4 is 0 Å². The van der Waals surface area contributed by atoms with Crippen LogP contribution in [-0.4, -0.2) is 22.9 Å². The van der Waals surface area contributed by atoms with Crippen molar-refractivity contribution in [2.75, 3.05) is 6.61 Å². The van der Waals surface area contributed by atoms with Crippen molar-refractivity contribution < 1.29 is 10.2 Å². The molecule has 32 heavy (non-hydrogen) atoms. The highest BCUT2D eigenvalue weighted by atomic mass is 16.3. The fraction of sp³-hybridized carbons (Fsp3) is 1.00. The van der Waals surface area contributed by atoms with Crippen molar-refractivity contribution >= 4 is 0 Å². The lowest BCUT2D eigenvalue weighted by atomic mass is 9.32. The second kappa shape index (κ2) is 7.22. The van der Waals surface area contributed by atoms with E-state index in [0.29, 0.717) is 28.8 Å². The van der Waals surface area contributed by atoms with Crippen LogP contribution in [0.4, 0.5) is 0 Å². The summed E-state index contributed by atoms with van der Waals surface area (Å²) in [7, 11) is 0. The quantitative estimate of drug-likeness (QED) is 0.478. The maximum absolute atomic E-state index is 10.9. The Kier molecular flexibility index (Phi) is 5.34. The second-order valence-electron chi connectivity index (χ2n) is 15.0. The minimum absolute atomic E-state index is 0.0406. The van der Waals surface area contributed by atoms with Crippen molar-refractivity contribution in [2.24, 2.45) is 62.6 Å². The van der Waals surface area contributed by atoms with Crippen LogP contribution in [-0.2, 0) is 0 Å². The third kappa shape index (κ3) is 2.72. The Morgan fingerprint density at radius 1 is 0.750 bits per heavy atom. The van der Waals surface area contributed by atoms with Gasteiger partial charge in [-0.1, -0.05) is 48.5 Å². The lowest BCUT2D eigenvalue weighted by Crippen LogP contribution is -2.66. The smallest absolute Gasteiger partial charge is 0.0594 e. The lowest BCUT2D eigenvalue weighted by molar-refractivity contribution is -0.251. The summed E-state index contributed by atoms with van der Waals surface area (Å²) >= 11 is 0. The maximum Gasteiger partial charge on any atom is 0.0594 e. The minimum atomic E-state index is -0.137. The van der Waals surface area contributed by atoms with Gasteiger partial charge in [-0.3, -0.25) is 0 Å². The van der Waals surface area contributed by atoms with Crippen molar-refractivity contribution in [1.82, 2.24) is 0 Å². The topological polar surface area (TPSA) is 40.5 Å². The summed E-state index contributed by atoms with van der Waals surface area (Å²) in [5.74, 6) is 4.45. The molecule has 0 aromatic heterocycles. The molecule has 1 unspecified atom stereocenters. The number of aliphatic hydroxyl groups excluding tert-OH is 2. The molecule has 0 aromatic carbocycles. The van der Waals surface area contributed by atoms with E-state index < -0.39 is 0 Å². The summed E-state index contributed by atoms with van der Waals surface area (Å²) in [6, 6.07) is 0. The first-order chi connectivity index (χ1) is 14.9. The van der Waals surface area contributed by atoms with Crippen molar-refractivity contribution in [3.63, 3.8) is 0 Å². The monoisotopic (exact) mass is 444 g/mol. The van der Waals surface area contributed by atoms with Crippen LogP contribution in [0.3, 0.4) is 0 Å². The van der Waals surface area contributed by atoms with E-state index in [1.54, 1.807) is 0 Å². The predicted octanol–water partition coefficient (Wildman–Crippen LogP) is 7.08. The first kappa shape index (κ1) is 23.7. The van der Waals surface area contributed by atoms with Gasteiger partial charge in [0.1, 0.15) is 0 Å². The van der Waals surface area contributed by atoms with E-state index in [2.05, 4.69) is 48.5 Å². The van der Waals surface area contributed by atoms with Crippen LogP contribution in [0.1, 0.15) is 113 Å². The molecule has 184 valence electrons. The standard InChI is InChI=1S/C30H52O2/c1-19(2)20-10-15-30(18-31)17-16-28(6)21(25(20)30)8-9-23-27(5)13-12-24(32)26(3,4)22(27)11-14-29(23,28)7/h19-25,31-32H,8-18H2,1-7H3/t20-,21+,22-,23+,24-,25?,27-,28+,29+,30+/m0/s1. The van der Waals surface area contributed by atoms with Gasteiger partial charge in [-0.15, -0.1) is 0 Å². The number of hydrogen-bond acceptors (Lipinski definition) is 2. The van der Waals surface area contributed by atoms with Gasteiger partial charge in [0, 0.05) is 6.61 Å². The Morgan fingerprint density at radius 3 is 2.12 bits per heavy atom. The maximum atomic E-state index is 10.9. The van der Waals surface area contributed by atoms with Gasteiger partial charge in [0.25, 0.3) is 0 Å². The third-order valence-electron chi connectivity index (χ3n) is 13.8. The molecule has 0 bridgehead atoms. The fourth-order valence-electron chi connectivity index (χ4n) is 11.8. The van der Waals surface area contributed by atoms with E-state index in [0.717, 1.165) is 36.0 Å². The largest absolute Gasteiger partial charge is 0.396 e. The first-order valence-corrected chi connectivity index (χ1v) is 14.2. The fourth-order valence-corrected chi connectivity index (χ4v) is 11.8. The van der Waals surface area contributed by atoms with Gasteiger partial charge >= 0.3 is 0 Å². The zero-order chi connectivity index (χ0) is 23.3. The highest BCUT2D eigenvalue weighted by Crippen LogP contribution is 2.77. The molecule has 0 heterocycles. The normalized spacial score (nSPS) is 56.8. The summed E-state index contributed by atoms with van der Waals surface area (Å²) in [6.07, 6.45) is 12.6. The molecule has 5 rings (SSSR count).